The normalized spacial score (nSPS) is 20.0. The highest BCUT2D eigenvalue weighted by molar-refractivity contribution is 5.84. The van der Waals surface area contributed by atoms with Crippen LogP contribution in [0.4, 0.5) is 4.79 Å². The third-order valence-electron chi connectivity index (χ3n) is 4.57. The maximum atomic E-state index is 12.0. The van der Waals surface area contributed by atoms with E-state index in [0.717, 1.165) is 13.0 Å². The number of rotatable bonds is 5. The number of amides is 2. The Balaban J connectivity index is 1.46. The largest absolute Gasteiger partial charge is 0.476 e. The van der Waals surface area contributed by atoms with Crippen LogP contribution >= 0.6 is 0 Å². The van der Waals surface area contributed by atoms with Gasteiger partial charge in [0.1, 0.15) is 0 Å². The first-order chi connectivity index (χ1) is 10.0. The number of nitrogens with one attached hydrogen (secondary N) is 1. The van der Waals surface area contributed by atoms with E-state index in [0.29, 0.717) is 18.5 Å². The topological polar surface area (TPSA) is 100 Å². The van der Waals surface area contributed by atoms with Crippen LogP contribution in [0.3, 0.4) is 0 Å². The van der Waals surface area contributed by atoms with Gasteiger partial charge in [-0.25, -0.2) is 14.3 Å². The molecule has 3 rings (SSSR count). The monoisotopic (exact) mass is 293 g/mol. The summed E-state index contributed by atoms with van der Waals surface area (Å²) in [6.45, 7) is 3.97. The lowest BCUT2D eigenvalue weighted by atomic mass is 10.0. The van der Waals surface area contributed by atoms with E-state index >= 15 is 0 Å². The van der Waals surface area contributed by atoms with Gasteiger partial charge in [0.15, 0.2) is 5.69 Å². The minimum atomic E-state index is -1.09. The van der Waals surface area contributed by atoms with Gasteiger partial charge in [-0.2, -0.15) is 0 Å². The standard InChI is InChI=1S/C13H19N5O3/c1-2-13(3-4-13)8-14-12(21)17-5-9(6-17)18-7-10(11(19)20)15-16-18/h7,9H,2-6,8H2,1H3,(H,14,21)(H,19,20). The van der Waals surface area contributed by atoms with Crippen LogP contribution in [0.2, 0.25) is 0 Å². The van der Waals surface area contributed by atoms with Crippen LogP contribution in [-0.4, -0.2) is 56.6 Å². The van der Waals surface area contributed by atoms with Gasteiger partial charge in [0, 0.05) is 19.6 Å². The van der Waals surface area contributed by atoms with Crippen molar-refractivity contribution in [3.05, 3.63) is 11.9 Å². The third kappa shape index (κ3) is 2.70. The van der Waals surface area contributed by atoms with Gasteiger partial charge in [-0.15, -0.1) is 5.10 Å². The number of aromatic nitrogens is 3. The minimum Gasteiger partial charge on any atom is -0.476 e. The Hall–Kier alpha value is -2.12. The number of hydrogen-bond donors (Lipinski definition) is 2. The molecule has 0 unspecified atom stereocenters. The molecule has 0 aromatic carbocycles. The van der Waals surface area contributed by atoms with E-state index < -0.39 is 5.97 Å². The molecule has 1 aliphatic carbocycles. The van der Waals surface area contributed by atoms with Crippen LogP contribution in [0.15, 0.2) is 6.20 Å². The summed E-state index contributed by atoms with van der Waals surface area (Å²) in [6.07, 6.45) is 4.90. The Labute approximate surface area is 122 Å². The summed E-state index contributed by atoms with van der Waals surface area (Å²) in [5.41, 5.74) is 0.263. The Morgan fingerprint density at radius 3 is 2.71 bits per heavy atom. The first-order valence-corrected chi connectivity index (χ1v) is 7.21. The quantitative estimate of drug-likeness (QED) is 0.833. The van der Waals surface area contributed by atoms with Gasteiger partial charge in [-0.3, -0.25) is 0 Å². The number of urea groups is 1. The molecule has 1 aromatic rings. The predicted molar refractivity (Wildman–Crippen MR) is 72.9 cm³/mol. The predicted octanol–water partition coefficient (Wildman–Crippen LogP) is 0.733. The zero-order valence-electron chi connectivity index (χ0n) is 11.9. The van der Waals surface area contributed by atoms with Gasteiger partial charge >= 0.3 is 12.0 Å². The lowest BCUT2D eigenvalue weighted by Gasteiger charge is -2.38. The zero-order chi connectivity index (χ0) is 15.0. The minimum absolute atomic E-state index is 0.0115. The van der Waals surface area contributed by atoms with Gasteiger partial charge in [0.25, 0.3) is 0 Å². The van der Waals surface area contributed by atoms with E-state index in [-0.39, 0.29) is 17.8 Å². The van der Waals surface area contributed by atoms with Crippen LogP contribution < -0.4 is 5.32 Å². The number of carbonyl (C=O) groups is 2. The molecule has 0 radical (unpaired) electrons. The molecule has 1 saturated carbocycles. The van der Waals surface area contributed by atoms with Crippen LogP contribution in [0.5, 0.6) is 0 Å². The second kappa shape index (κ2) is 5.01. The molecule has 8 heteroatoms. The molecule has 2 fully saturated rings. The fourth-order valence-corrected chi connectivity index (χ4v) is 2.55. The van der Waals surface area contributed by atoms with Crippen molar-refractivity contribution in [3.8, 4) is 0 Å². The molecule has 114 valence electrons. The molecule has 1 aliphatic heterocycles. The van der Waals surface area contributed by atoms with Gasteiger partial charge in [0.2, 0.25) is 0 Å². The molecule has 21 heavy (non-hydrogen) atoms. The number of nitrogens with zero attached hydrogens (tertiary/aromatic N) is 4. The molecule has 1 aromatic heterocycles. The van der Waals surface area contributed by atoms with E-state index in [1.807, 2.05) is 0 Å². The second-order valence-corrected chi connectivity index (χ2v) is 5.96. The van der Waals surface area contributed by atoms with E-state index in [2.05, 4.69) is 22.6 Å². The van der Waals surface area contributed by atoms with Crippen molar-refractivity contribution in [2.75, 3.05) is 19.6 Å². The summed E-state index contributed by atoms with van der Waals surface area (Å²) >= 11 is 0. The van der Waals surface area contributed by atoms with E-state index in [1.165, 1.54) is 23.7 Å². The summed E-state index contributed by atoms with van der Waals surface area (Å²) in [5.74, 6) is -1.09. The lowest BCUT2D eigenvalue weighted by molar-refractivity contribution is 0.0690. The Bertz CT molecular complexity index is 560. The third-order valence-corrected chi connectivity index (χ3v) is 4.57. The molecule has 2 aliphatic rings. The summed E-state index contributed by atoms with van der Waals surface area (Å²) in [5, 5.41) is 19.1. The van der Waals surface area contributed by atoms with Crippen LogP contribution in [0, 0.1) is 5.41 Å². The Kier molecular flexibility index (Phi) is 3.30. The highest BCUT2D eigenvalue weighted by Crippen LogP contribution is 2.47. The number of carboxylic acids is 1. The average molecular weight is 293 g/mol. The number of carboxylic acid groups (broad SMARTS) is 1. The summed E-state index contributed by atoms with van der Waals surface area (Å²) in [7, 11) is 0. The molecular weight excluding hydrogens is 274 g/mol. The summed E-state index contributed by atoms with van der Waals surface area (Å²) in [6, 6.07) is -0.0399. The molecule has 2 heterocycles. The smallest absolute Gasteiger partial charge is 0.358 e. The number of likely N-dealkylation sites (tertiary alicyclic amines) is 1. The Morgan fingerprint density at radius 1 is 1.48 bits per heavy atom. The fraction of sp³-hybridized carbons (Fsp3) is 0.692. The SMILES string of the molecule is CCC1(CNC(=O)N2CC(n3cc(C(=O)O)nn3)C2)CC1. The molecule has 0 bridgehead atoms. The van der Waals surface area contributed by atoms with Crippen LogP contribution in [0.1, 0.15) is 42.7 Å². The van der Waals surface area contributed by atoms with Gasteiger partial charge in [-0.1, -0.05) is 12.1 Å². The van der Waals surface area contributed by atoms with Crippen molar-refractivity contribution < 1.29 is 14.7 Å². The maximum absolute atomic E-state index is 12.0. The van der Waals surface area contributed by atoms with Crippen LogP contribution in [-0.2, 0) is 0 Å². The summed E-state index contributed by atoms with van der Waals surface area (Å²) in [4.78, 5) is 24.4. The molecule has 2 amide bonds. The number of carbonyl (C=O) groups excluding carboxylic acids is 1. The molecule has 8 nitrogen and oxygen atoms in total. The van der Waals surface area contributed by atoms with Crippen molar-refractivity contribution >= 4 is 12.0 Å². The van der Waals surface area contributed by atoms with Crippen LogP contribution in [0.25, 0.3) is 0 Å². The van der Waals surface area contributed by atoms with E-state index in [1.54, 1.807) is 4.90 Å². The maximum Gasteiger partial charge on any atom is 0.358 e. The number of aromatic carboxylic acids is 1. The lowest BCUT2D eigenvalue weighted by Crippen LogP contribution is -2.55. The highest BCUT2D eigenvalue weighted by atomic mass is 16.4. The van der Waals surface area contributed by atoms with E-state index in [4.69, 9.17) is 5.11 Å². The first-order valence-electron chi connectivity index (χ1n) is 7.21. The zero-order valence-corrected chi connectivity index (χ0v) is 11.9. The second-order valence-electron chi connectivity index (χ2n) is 5.96. The van der Waals surface area contributed by atoms with Crippen molar-refractivity contribution in [2.45, 2.75) is 32.2 Å². The van der Waals surface area contributed by atoms with E-state index in [9.17, 15) is 9.59 Å². The number of hydrogen-bond acceptors (Lipinski definition) is 4. The summed E-state index contributed by atoms with van der Waals surface area (Å²) < 4.78 is 1.52. The van der Waals surface area contributed by atoms with Crippen molar-refractivity contribution in [1.82, 2.24) is 25.2 Å². The van der Waals surface area contributed by atoms with Gasteiger partial charge in [-0.05, 0) is 24.7 Å². The van der Waals surface area contributed by atoms with Crippen molar-refractivity contribution in [3.63, 3.8) is 0 Å². The average Bonchev–Trinajstić information content (AvgIpc) is 3.03. The molecule has 0 spiro atoms. The Morgan fingerprint density at radius 2 is 2.19 bits per heavy atom. The molecular formula is C13H19N5O3. The molecule has 2 N–H and O–H groups in total. The highest BCUT2D eigenvalue weighted by Gasteiger charge is 2.41. The first kappa shape index (κ1) is 13.8. The fourth-order valence-electron chi connectivity index (χ4n) is 2.55. The molecule has 1 saturated heterocycles. The van der Waals surface area contributed by atoms with Crippen molar-refractivity contribution in [1.29, 1.82) is 0 Å². The van der Waals surface area contributed by atoms with Gasteiger partial charge in [0.05, 0.1) is 12.2 Å². The van der Waals surface area contributed by atoms with Crippen molar-refractivity contribution in [2.24, 2.45) is 5.41 Å². The van der Waals surface area contributed by atoms with Gasteiger partial charge < -0.3 is 15.3 Å². The molecule has 0 atom stereocenters.